The van der Waals surface area contributed by atoms with Gasteiger partial charge in [-0.15, -0.1) is 0 Å². The summed E-state index contributed by atoms with van der Waals surface area (Å²) >= 11 is 0. The van der Waals surface area contributed by atoms with Crippen LogP contribution in [0.5, 0.6) is 11.5 Å². The van der Waals surface area contributed by atoms with Gasteiger partial charge in [0.15, 0.2) is 21.3 Å². The molecule has 0 aliphatic carbocycles. The van der Waals surface area contributed by atoms with Crippen molar-refractivity contribution in [3.63, 3.8) is 0 Å². The van der Waals surface area contributed by atoms with Crippen LogP contribution in [0.2, 0.25) is 0 Å². The number of ether oxygens (including phenoxy) is 2. The first-order chi connectivity index (χ1) is 11.9. The van der Waals surface area contributed by atoms with E-state index >= 15 is 0 Å². The van der Waals surface area contributed by atoms with Crippen LogP contribution in [-0.2, 0) is 21.1 Å². The Kier molecular flexibility index (Phi) is 6.70. The number of carbonyl (C=O) groups is 1. The molecule has 1 aromatic carbocycles. The fraction of sp³-hybridized carbons (Fsp3) is 0.611. The van der Waals surface area contributed by atoms with Crippen LogP contribution in [0.4, 0.5) is 0 Å². The largest absolute Gasteiger partial charge is 0.493 e. The molecule has 0 aromatic heterocycles. The second-order valence-corrected chi connectivity index (χ2v) is 8.79. The van der Waals surface area contributed by atoms with Crippen molar-refractivity contribution < 1.29 is 22.7 Å². The predicted molar refractivity (Wildman–Crippen MR) is 96.9 cm³/mol. The lowest BCUT2D eigenvalue weighted by Gasteiger charge is -2.31. The first kappa shape index (κ1) is 19.6. The summed E-state index contributed by atoms with van der Waals surface area (Å²) in [6, 6.07) is 5.64. The molecular weight excluding hydrogens is 342 g/mol. The van der Waals surface area contributed by atoms with Crippen LogP contribution >= 0.6 is 0 Å². The summed E-state index contributed by atoms with van der Waals surface area (Å²) in [7, 11) is 0.168. The van der Waals surface area contributed by atoms with Crippen LogP contribution < -0.4 is 9.47 Å². The number of piperidine rings is 1. The molecule has 7 heteroatoms. The van der Waals surface area contributed by atoms with Gasteiger partial charge >= 0.3 is 0 Å². The normalized spacial score (nSPS) is 15.9. The van der Waals surface area contributed by atoms with E-state index in [1.807, 2.05) is 18.2 Å². The Bertz CT molecular complexity index is 693. The summed E-state index contributed by atoms with van der Waals surface area (Å²) in [4.78, 5) is 14.2. The maximum atomic E-state index is 12.4. The fourth-order valence-corrected chi connectivity index (χ4v) is 4.55. The highest BCUT2D eigenvalue weighted by atomic mass is 32.2. The van der Waals surface area contributed by atoms with Crippen LogP contribution in [-0.4, -0.2) is 57.5 Å². The van der Waals surface area contributed by atoms with E-state index < -0.39 is 9.84 Å². The van der Waals surface area contributed by atoms with Crippen molar-refractivity contribution in [2.75, 3.05) is 33.1 Å². The summed E-state index contributed by atoms with van der Waals surface area (Å²) in [6.45, 7) is 2.72. The topological polar surface area (TPSA) is 72.9 Å². The first-order valence-corrected chi connectivity index (χ1v) is 10.3. The highest BCUT2D eigenvalue weighted by Gasteiger charge is 2.30. The molecule has 0 saturated carbocycles. The van der Waals surface area contributed by atoms with Crippen molar-refractivity contribution in [2.24, 2.45) is 0 Å². The van der Waals surface area contributed by atoms with Crippen molar-refractivity contribution in [3.05, 3.63) is 23.8 Å². The zero-order chi connectivity index (χ0) is 18.4. The van der Waals surface area contributed by atoms with Gasteiger partial charge in [-0.3, -0.25) is 4.79 Å². The van der Waals surface area contributed by atoms with Crippen LogP contribution in [0.1, 0.15) is 31.7 Å². The van der Waals surface area contributed by atoms with Crippen molar-refractivity contribution in [3.8, 4) is 11.5 Å². The number of hydrogen-bond acceptors (Lipinski definition) is 5. The molecule has 0 radical (unpaired) electrons. The van der Waals surface area contributed by atoms with Crippen molar-refractivity contribution in [1.29, 1.82) is 0 Å². The number of likely N-dealkylation sites (tertiary alicyclic amines) is 1. The molecule has 1 fully saturated rings. The van der Waals surface area contributed by atoms with E-state index in [4.69, 9.17) is 9.47 Å². The van der Waals surface area contributed by atoms with E-state index in [1.54, 1.807) is 26.0 Å². The van der Waals surface area contributed by atoms with Crippen molar-refractivity contribution >= 4 is 15.7 Å². The molecule has 0 bridgehead atoms. The summed E-state index contributed by atoms with van der Waals surface area (Å²) < 4.78 is 34.3. The minimum Gasteiger partial charge on any atom is -0.493 e. The Balaban J connectivity index is 1.87. The predicted octanol–water partition coefficient (Wildman–Crippen LogP) is 2.06. The van der Waals surface area contributed by atoms with Gasteiger partial charge in [0.2, 0.25) is 5.91 Å². The van der Waals surface area contributed by atoms with Gasteiger partial charge in [0, 0.05) is 25.3 Å². The third kappa shape index (κ3) is 4.87. The van der Waals surface area contributed by atoms with E-state index in [1.165, 1.54) is 0 Å². The molecular formula is C18H27NO5S. The van der Waals surface area contributed by atoms with Gasteiger partial charge in [-0.2, -0.15) is 0 Å². The SMILES string of the molecule is CCS(=O)(=O)C1CCN(C(=O)CCc2ccc(OC)c(OC)c2)CC1. The molecule has 1 aliphatic rings. The second-order valence-electron chi connectivity index (χ2n) is 6.22. The second kappa shape index (κ2) is 8.56. The van der Waals surface area contributed by atoms with Gasteiger partial charge < -0.3 is 14.4 Å². The Labute approximate surface area is 150 Å². The molecule has 25 heavy (non-hydrogen) atoms. The standard InChI is InChI=1S/C18H27NO5S/c1-4-25(21,22)15-9-11-19(12-10-15)18(20)8-6-14-5-7-16(23-2)17(13-14)24-3/h5,7,13,15H,4,6,8-12H2,1-3H3. The minimum atomic E-state index is -3.00. The minimum absolute atomic E-state index is 0.0714. The molecule has 1 amide bonds. The molecule has 0 unspecified atom stereocenters. The van der Waals surface area contributed by atoms with Crippen molar-refractivity contribution in [1.82, 2.24) is 4.90 Å². The Morgan fingerprint density at radius 2 is 1.80 bits per heavy atom. The van der Waals surface area contributed by atoms with E-state index in [9.17, 15) is 13.2 Å². The molecule has 1 saturated heterocycles. The van der Waals surface area contributed by atoms with Crippen LogP contribution in [0.3, 0.4) is 0 Å². The Morgan fingerprint density at radius 3 is 2.36 bits per heavy atom. The summed E-state index contributed by atoms with van der Waals surface area (Å²) in [5.41, 5.74) is 1.01. The quantitative estimate of drug-likeness (QED) is 0.736. The molecule has 0 N–H and O–H groups in total. The molecule has 1 aliphatic heterocycles. The lowest BCUT2D eigenvalue weighted by molar-refractivity contribution is -0.132. The van der Waals surface area contributed by atoms with Gasteiger partial charge in [-0.1, -0.05) is 13.0 Å². The third-order valence-corrected chi connectivity index (χ3v) is 7.07. The summed E-state index contributed by atoms with van der Waals surface area (Å²) in [5, 5.41) is -0.299. The lowest BCUT2D eigenvalue weighted by atomic mass is 10.1. The number of benzene rings is 1. The van der Waals surface area contributed by atoms with E-state index in [-0.39, 0.29) is 16.9 Å². The van der Waals surface area contributed by atoms with Gasteiger partial charge in [-0.05, 0) is 37.0 Å². The third-order valence-electron chi connectivity index (χ3n) is 4.78. The highest BCUT2D eigenvalue weighted by molar-refractivity contribution is 7.92. The van der Waals surface area contributed by atoms with E-state index in [2.05, 4.69) is 0 Å². The monoisotopic (exact) mass is 369 g/mol. The van der Waals surface area contributed by atoms with Gasteiger partial charge in [-0.25, -0.2) is 8.42 Å². The molecule has 1 aromatic rings. The molecule has 6 nitrogen and oxygen atoms in total. The maximum Gasteiger partial charge on any atom is 0.222 e. The smallest absolute Gasteiger partial charge is 0.222 e. The summed E-state index contributed by atoms with van der Waals surface area (Å²) in [5.74, 6) is 1.56. The van der Waals surface area contributed by atoms with E-state index in [0.717, 1.165) is 5.56 Å². The summed E-state index contributed by atoms with van der Waals surface area (Å²) in [6.07, 6.45) is 2.10. The zero-order valence-corrected chi connectivity index (χ0v) is 16.0. The Morgan fingerprint density at radius 1 is 1.16 bits per heavy atom. The zero-order valence-electron chi connectivity index (χ0n) is 15.2. The number of rotatable bonds is 7. The van der Waals surface area contributed by atoms with Crippen molar-refractivity contribution in [2.45, 2.75) is 37.9 Å². The molecule has 0 spiro atoms. The van der Waals surface area contributed by atoms with Crippen LogP contribution in [0, 0.1) is 0 Å². The molecule has 1 heterocycles. The highest BCUT2D eigenvalue weighted by Crippen LogP contribution is 2.28. The molecule has 2 rings (SSSR count). The first-order valence-electron chi connectivity index (χ1n) is 8.61. The number of sulfone groups is 1. The van der Waals surface area contributed by atoms with E-state index in [0.29, 0.717) is 50.3 Å². The lowest BCUT2D eigenvalue weighted by Crippen LogP contribution is -2.42. The molecule has 0 atom stereocenters. The number of amides is 1. The average molecular weight is 369 g/mol. The number of carbonyl (C=O) groups excluding carboxylic acids is 1. The van der Waals surface area contributed by atoms with Gasteiger partial charge in [0.05, 0.1) is 19.5 Å². The van der Waals surface area contributed by atoms with Gasteiger partial charge in [0.1, 0.15) is 0 Å². The molecule has 140 valence electrons. The number of nitrogens with zero attached hydrogens (tertiary/aromatic N) is 1. The van der Waals surface area contributed by atoms with Gasteiger partial charge in [0.25, 0.3) is 0 Å². The maximum absolute atomic E-state index is 12.4. The fourth-order valence-electron chi connectivity index (χ4n) is 3.15. The van der Waals surface area contributed by atoms with Crippen LogP contribution in [0.25, 0.3) is 0 Å². The number of methoxy groups -OCH3 is 2. The number of hydrogen-bond donors (Lipinski definition) is 0. The van der Waals surface area contributed by atoms with Crippen LogP contribution in [0.15, 0.2) is 18.2 Å². The number of aryl methyl sites for hydroxylation is 1. The Hall–Kier alpha value is -1.76. The average Bonchev–Trinajstić information content (AvgIpc) is 2.65.